The molecule has 0 radical (unpaired) electrons. The average Bonchev–Trinajstić information content (AvgIpc) is 2.79. The Hall–Kier alpha value is -1.27. The quantitative estimate of drug-likeness (QED) is 0.699. The van der Waals surface area contributed by atoms with E-state index in [1.54, 1.807) is 23.9 Å². The lowest BCUT2D eigenvalue weighted by Gasteiger charge is -2.23. The highest BCUT2D eigenvalue weighted by Crippen LogP contribution is 2.33. The second kappa shape index (κ2) is 10.3. The molecule has 1 saturated heterocycles. The van der Waals surface area contributed by atoms with E-state index in [9.17, 15) is 9.18 Å². The molecule has 2 aliphatic rings. The van der Waals surface area contributed by atoms with Crippen LogP contribution < -0.4 is 5.32 Å². The van der Waals surface area contributed by atoms with Crippen LogP contribution in [0, 0.1) is 5.82 Å². The van der Waals surface area contributed by atoms with Crippen molar-refractivity contribution in [3.05, 3.63) is 30.1 Å². The van der Waals surface area contributed by atoms with Gasteiger partial charge in [0.15, 0.2) is 5.17 Å². The van der Waals surface area contributed by atoms with Gasteiger partial charge in [-0.2, -0.15) is 0 Å². The van der Waals surface area contributed by atoms with Gasteiger partial charge in [0.05, 0.1) is 12.1 Å². The van der Waals surface area contributed by atoms with E-state index in [1.165, 1.54) is 50.7 Å². The molecule has 1 heterocycles. The molecule has 2 unspecified atom stereocenters. The predicted octanol–water partition coefficient (Wildman–Crippen LogP) is 5.09. The van der Waals surface area contributed by atoms with Crippen LogP contribution in [0.15, 0.2) is 29.3 Å². The van der Waals surface area contributed by atoms with Crippen molar-refractivity contribution in [2.75, 3.05) is 12.4 Å². The molecule has 0 bridgehead atoms. The van der Waals surface area contributed by atoms with Gasteiger partial charge in [-0.05, 0) is 31.0 Å². The van der Waals surface area contributed by atoms with E-state index in [0.717, 1.165) is 5.17 Å². The summed E-state index contributed by atoms with van der Waals surface area (Å²) in [6, 6.07) is 6.55. The van der Waals surface area contributed by atoms with Crippen LogP contribution in [0.5, 0.6) is 0 Å². The summed E-state index contributed by atoms with van der Waals surface area (Å²) in [6.45, 7) is 2.15. The molecule has 1 aromatic carbocycles. The molecular weight excluding hydrogens is 385 g/mol. The molecule has 27 heavy (non-hydrogen) atoms. The first-order valence-electron chi connectivity index (χ1n) is 9.55. The van der Waals surface area contributed by atoms with Crippen LogP contribution in [0.3, 0.4) is 0 Å². The highest BCUT2D eigenvalue weighted by Gasteiger charge is 2.35. The summed E-state index contributed by atoms with van der Waals surface area (Å²) in [4.78, 5) is 19.6. The van der Waals surface area contributed by atoms with E-state index in [1.807, 2.05) is 7.05 Å². The minimum atomic E-state index is -0.345. The zero-order valence-corrected chi connectivity index (χ0v) is 17.6. The molecule has 1 aromatic rings. The molecule has 2 fully saturated rings. The Morgan fingerprint density at radius 3 is 2.67 bits per heavy atom. The summed E-state index contributed by atoms with van der Waals surface area (Å²) in [5.74, 6) is -0.432. The largest absolute Gasteiger partial charge is 0.350 e. The smallest absolute Gasteiger partial charge is 0.226 e. The summed E-state index contributed by atoms with van der Waals surface area (Å²) < 4.78 is 13.3. The van der Waals surface area contributed by atoms with Gasteiger partial charge < -0.3 is 10.2 Å². The van der Waals surface area contributed by atoms with E-state index in [0.29, 0.717) is 23.4 Å². The Morgan fingerprint density at radius 1 is 1.30 bits per heavy atom. The topological polar surface area (TPSA) is 44.7 Å². The number of carbonyl (C=O) groups excluding carboxylic acids is 1. The molecule has 3 rings (SSSR count). The van der Waals surface area contributed by atoms with Crippen molar-refractivity contribution >= 4 is 40.9 Å². The summed E-state index contributed by atoms with van der Waals surface area (Å²) in [7, 11) is 2.03. The lowest BCUT2D eigenvalue weighted by molar-refractivity contribution is -0.117. The van der Waals surface area contributed by atoms with Gasteiger partial charge in [0.2, 0.25) is 5.91 Å². The van der Waals surface area contributed by atoms with Crippen LogP contribution in [0.25, 0.3) is 0 Å². The maximum Gasteiger partial charge on any atom is 0.226 e. The zero-order chi connectivity index (χ0) is 18.5. The maximum atomic E-state index is 13.3. The summed E-state index contributed by atoms with van der Waals surface area (Å²) in [5, 5.41) is 4.17. The minimum Gasteiger partial charge on any atom is -0.350 e. The number of nitrogens with zero attached hydrogens (tertiary/aromatic N) is 2. The first-order chi connectivity index (χ1) is 12.5. The number of anilines is 1. The van der Waals surface area contributed by atoms with Crippen LogP contribution in [-0.2, 0) is 4.79 Å². The number of rotatable bonds is 4. The Kier molecular flexibility index (Phi) is 8.42. The second-order valence-corrected chi connectivity index (χ2v) is 8.67. The highest BCUT2D eigenvalue weighted by atomic mass is 35.5. The minimum absolute atomic E-state index is 0. The summed E-state index contributed by atoms with van der Waals surface area (Å²) in [6.07, 6.45) is 7.92. The fraction of sp³-hybridized carbons (Fsp3) is 0.600. The highest BCUT2D eigenvalue weighted by molar-refractivity contribution is 8.14. The number of amides is 1. The first kappa shape index (κ1) is 22.0. The maximum absolute atomic E-state index is 13.3. The van der Waals surface area contributed by atoms with Gasteiger partial charge in [-0.15, -0.1) is 12.4 Å². The number of nitrogens with one attached hydrogen (secondary N) is 1. The molecule has 1 amide bonds. The van der Waals surface area contributed by atoms with Gasteiger partial charge in [0.25, 0.3) is 0 Å². The molecule has 1 aliphatic carbocycles. The van der Waals surface area contributed by atoms with Crippen molar-refractivity contribution in [3.8, 4) is 0 Å². The molecule has 1 aliphatic heterocycles. The number of hydrogen-bond acceptors (Lipinski definition) is 3. The number of hydrogen-bond donors (Lipinski definition) is 1. The third-order valence-corrected chi connectivity index (χ3v) is 6.54. The van der Waals surface area contributed by atoms with Crippen molar-refractivity contribution < 1.29 is 9.18 Å². The predicted molar refractivity (Wildman–Crippen MR) is 114 cm³/mol. The van der Waals surface area contributed by atoms with Gasteiger partial charge in [0, 0.05) is 24.4 Å². The molecule has 0 spiro atoms. The summed E-state index contributed by atoms with van der Waals surface area (Å²) >= 11 is 1.77. The summed E-state index contributed by atoms with van der Waals surface area (Å²) in [5.41, 5.74) is 0.503. The molecule has 2 atom stereocenters. The van der Waals surface area contributed by atoms with Crippen molar-refractivity contribution in [2.45, 2.75) is 69.2 Å². The molecular formula is C20H29ClFN3OS. The van der Waals surface area contributed by atoms with Crippen LogP contribution in [0.4, 0.5) is 10.1 Å². The SMILES string of the molecule is CC1S/C(=N\C2CCCCCC2)N(C)C1CC(=O)Nc1cccc(F)c1.Cl. The fourth-order valence-electron chi connectivity index (χ4n) is 3.72. The van der Waals surface area contributed by atoms with E-state index in [-0.39, 0.29) is 30.2 Å². The number of amidine groups is 1. The Balaban J connectivity index is 0.00000261. The van der Waals surface area contributed by atoms with Crippen LogP contribution in [-0.4, -0.2) is 40.4 Å². The van der Waals surface area contributed by atoms with Crippen molar-refractivity contribution in [2.24, 2.45) is 4.99 Å². The van der Waals surface area contributed by atoms with Crippen LogP contribution in [0.1, 0.15) is 51.9 Å². The van der Waals surface area contributed by atoms with Gasteiger partial charge in [-0.3, -0.25) is 9.79 Å². The number of thioether (sulfide) groups is 1. The zero-order valence-electron chi connectivity index (χ0n) is 16.0. The van der Waals surface area contributed by atoms with E-state index in [2.05, 4.69) is 17.1 Å². The molecule has 1 saturated carbocycles. The van der Waals surface area contributed by atoms with E-state index >= 15 is 0 Å². The van der Waals surface area contributed by atoms with Crippen molar-refractivity contribution in [1.82, 2.24) is 4.90 Å². The third kappa shape index (κ3) is 6.11. The Bertz CT molecular complexity index is 664. The lowest BCUT2D eigenvalue weighted by Crippen LogP contribution is -2.36. The molecule has 0 aromatic heterocycles. The van der Waals surface area contributed by atoms with Gasteiger partial charge >= 0.3 is 0 Å². The van der Waals surface area contributed by atoms with Gasteiger partial charge in [0.1, 0.15) is 5.82 Å². The molecule has 1 N–H and O–H groups in total. The average molecular weight is 414 g/mol. The van der Waals surface area contributed by atoms with Crippen LogP contribution >= 0.6 is 24.2 Å². The first-order valence-corrected chi connectivity index (χ1v) is 10.4. The van der Waals surface area contributed by atoms with Crippen LogP contribution in [0.2, 0.25) is 0 Å². The molecule has 150 valence electrons. The van der Waals surface area contributed by atoms with E-state index < -0.39 is 0 Å². The van der Waals surface area contributed by atoms with E-state index in [4.69, 9.17) is 4.99 Å². The Labute approximate surface area is 171 Å². The van der Waals surface area contributed by atoms with Crippen molar-refractivity contribution in [1.29, 1.82) is 0 Å². The van der Waals surface area contributed by atoms with Gasteiger partial charge in [-0.25, -0.2) is 4.39 Å². The van der Waals surface area contributed by atoms with Crippen molar-refractivity contribution in [3.63, 3.8) is 0 Å². The molecule has 4 nitrogen and oxygen atoms in total. The van der Waals surface area contributed by atoms with Gasteiger partial charge in [-0.1, -0.05) is 50.4 Å². The third-order valence-electron chi connectivity index (χ3n) is 5.25. The number of aliphatic imine (C=N–C) groups is 1. The standard InChI is InChI=1S/C20H28FN3OS.ClH/c1-14-18(13-19(25)22-17-11-7-8-15(21)12-17)24(2)20(26-14)23-16-9-5-3-4-6-10-16;/h7-8,11-12,14,16,18H,3-6,9-10,13H2,1-2H3,(H,22,25);1H/b23-20-;. The second-order valence-electron chi connectivity index (χ2n) is 7.32. The number of carbonyl (C=O) groups is 1. The lowest BCUT2D eigenvalue weighted by atomic mass is 10.1. The number of benzene rings is 1. The fourth-order valence-corrected chi connectivity index (χ4v) is 5.00. The normalized spacial score (nSPS) is 25.1. The Morgan fingerprint density at radius 2 is 2.00 bits per heavy atom. The number of halogens is 2. The molecule has 7 heteroatoms. The monoisotopic (exact) mass is 413 g/mol.